The van der Waals surface area contributed by atoms with Gasteiger partial charge in [-0.05, 0) is 81.6 Å². The summed E-state index contributed by atoms with van der Waals surface area (Å²) in [7, 11) is 2.04. The summed E-state index contributed by atoms with van der Waals surface area (Å²) in [5.74, 6) is -0.703. The number of hydrogen-bond donors (Lipinski definition) is 3. The summed E-state index contributed by atoms with van der Waals surface area (Å²) in [6.07, 6.45) is 3.21. The second-order valence-electron chi connectivity index (χ2n) is 10.7. The van der Waals surface area contributed by atoms with Crippen molar-refractivity contribution in [1.82, 2.24) is 10.2 Å². The van der Waals surface area contributed by atoms with Crippen LogP contribution in [0.1, 0.15) is 59.2 Å². The number of nitrogens with one attached hydrogen (secondary N) is 2. The second-order valence-corrected chi connectivity index (χ2v) is 10.7. The number of likely N-dealkylation sites (N-methyl/N-ethyl adjacent to an activating group) is 1. The van der Waals surface area contributed by atoms with E-state index in [-0.39, 0.29) is 30.2 Å². The van der Waals surface area contributed by atoms with Crippen LogP contribution in [0, 0.1) is 17.2 Å². The van der Waals surface area contributed by atoms with Crippen molar-refractivity contribution in [3.05, 3.63) is 58.7 Å². The highest BCUT2D eigenvalue weighted by molar-refractivity contribution is 5.98. The van der Waals surface area contributed by atoms with E-state index in [0.29, 0.717) is 54.9 Å². The lowest BCUT2D eigenvalue weighted by Gasteiger charge is -2.27. The maximum absolute atomic E-state index is 13.5. The predicted octanol–water partition coefficient (Wildman–Crippen LogP) is 3.08. The van der Waals surface area contributed by atoms with Crippen molar-refractivity contribution >= 4 is 23.5 Å². The number of amides is 2. The number of carbonyl (C=O) groups is 3. The van der Waals surface area contributed by atoms with Crippen LogP contribution in [-0.2, 0) is 21.4 Å². The minimum Gasteiger partial charge on any atom is -0.493 e. The number of fused-ring (bicyclic) bond motifs is 2. The van der Waals surface area contributed by atoms with Gasteiger partial charge in [-0.2, -0.15) is 5.26 Å². The van der Waals surface area contributed by atoms with E-state index in [9.17, 15) is 19.6 Å². The summed E-state index contributed by atoms with van der Waals surface area (Å²) >= 11 is 0. The molecule has 1 unspecified atom stereocenters. The molecule has 2 aliphatic heterocycles. The maximum atomic E-state index is 13.5. The summed E-state index contributed by atoms with van der Waals surface area (Å²) in [5.41, 5.74) is 2.84. The normalized spacial score (nSPS) is 23.7. The molecule has 1 spiro atoms. The number of rotatable bonds is 8. The molecule has 3 atom stereocenters. The predicted molar refractivity (Wildman–Crippen MR) is 140 cm³/mol. The first-order valence-electron chi connectivity index (χ1n) is 13.1. The molecule has 198 valence electrons. The summed E-state index contributed by atoms with van der Waals surface area (Å²) in [4.78, 5) is 39.6. The van der Waals surface area contributed by atoms with Gasteiger partial charge >= 0.3 is 5.97 Å². The summed E-state index contributed by atoms with van der Waals surface area (Å²) in [6, 6.07) is 12.8. The summed E-state index contributed by atoms with van der Waals surface area (Å²) < 4.78 is 5.89. The minimum absolute atomic E-state index is 0.0310. The van der Waals surface area contributed by atoms with Crippen molar-refractivity contribution in [2.24, 2.45) is 5.92 Å². The van der Waals surface area contributed by atoms with Gasteiger partial charge in [0.25, 0.3) is 5.91 Å². The fraction of sp³-hybridized carbons (Fsp3) is 0.448. The second kappa shape index (κ2) is 10.5. The third-order valence-electron chi connectivity index (χ3n) is 8.04. The molecule has 1 saturated heterocycles. The number of aliphatic carboxylic acids is 1. The van der Waals surface area contributed by atoms with E-state index in [1.54, 1.807) is 24.3 Å². The zero-order valence-electron chi connectivity index (χ0n) is 21.5. The number of nitriles is 1. The number of carbonyl (C=O) groups excluding carboxylic acids is 2. The molecule has 1 aliphatic carbocycles. The fourth-order valence-corrected chi connectivity index (χ4v) is 5.84. The van der Waals surface area contributed by atoms with Crippen LogP contribution in [0.25, 0.3) is 0 Å². The number of anilines is 1. The van der Waals surface area contributed by atoms with E-state index in [2.05, 4.69) is 21.6 Å². The van der Waals surface area contributed by atoms with Crippen LogP contribution in [0.2, 0.25) is 0 Å². The Balaban J connectivity index is 1.32. The smallest absolute Gasteiger partial charge is 0.303 e. The molecular formula is C29H32N4O5. The molecule has 2 fully saturated rings. The highest BCUT2D eigenvalue weighted by atomic mass is 16.5. The first kappa shape index (κ1) is 25.7. The first-order chi connectivity index (χ1) is 18.3. The molecule has 0 aromatic heterocycles. The van der Waals surface area contributed by atoms with Gasteiger partial charge in [0.2, 0.25) is 5.91 Å². The van der Waals surface area contributed by atoms with E-state index < -0.39 is 11.4 Å². The monoisotopic (exact) mass is 516 g/mol. The largest absolute Gasteiger partial charge is 0.493 e. The zero-order valence-corrected chi connectivity index (χ0v) is 21.5. The van der Waals surface area contributed by atoms with Crippen molar-refractivity contribution in [1.29, 1.82) is 5.26 Å². The van der Waals surface area contributed by atoms with Crippen LogP contribution < -0.4 is 15.4 Å². The maximum Gasteiger partial charge on any atom is 0.303 e. The quantitative estimate of drug-likeness (QED) is 0.491. The third-order valence-corrected chi connectivity index (χ3v) is 8.04. The first-order valence-corrected chi connectivity index (χ1v) is 13.1. The molecule has 5 rings (SSSR count). The van der Waals surface area contributed by atoms with Crippen LogP contribution in [0.15, 0.2) is 36.4 Å². The molecule has 1 saturated carbocycles. The van der Waals surface area contributed by atoms with Crippen LogP contribution in [0.4, 0.5) is 5.69 Å². The zero-order chi connectivity index (χ0) is 26.9. The number of ether oxygens (including phenoxy) is 1. The molecule has 3 N–H and O–H groups in total. The molecule has 0 radical (unpaired) electrons. The fourth-order valence-electron chi connectivity index (χ4n) is 5.84. The number of hydrogen-bond acceptors (Lipinski definition) is 6. The van der Waals surface area contributed by atoms with Crippen molar-refractivity contribution < 1.29 is 24.2 Å². The number of carboxylic acid groups (broad SMARTS) is 1. The average molecular weight is 517 g/mol. The van der Waals surface area contributed by atoms with Crippen LogP contribution >= 0.6 is 0 Å². The van der Waals surface area contributed by atoms with Crippen LogP contribution in [0.5, 0.6) is 5.75 Å². The van der Waals surface area contributed by atoms with Gasteiger partial charge in [-0.3, -0.25) is 14.4 Å². The van der Waals surface area contributed by atoms with E-state index in [0.717, 1.165) is 30.6 Å². The van der Waals surface area contributed by atoms with Crippen molar-refractivity contribution in [3.63, 3.8) is 0 Å². The third kappa shape index (κ3) is 5.22. The van der Waals surface area contributed by atoms with E-state index in [1.165, 1.54) is 0 Å². The Morgan fingerprint density at radius 1 is 1.24 bits per heavy atom. The topological polar surface area (TPSA) is 132 Å². The van der Waals surface area contributed by atoms with E-state index in [4.69, 9.17) is 9.84 Å². The van der Waals surface area contributed by atoms with Gasteiger partial charge in [0.05, 0.1) is 18.2 Å². The molecule has 0 bridgehead atoms. The van der Waals surface area contributed by atoms with Gasteiger partial charge in [0, 0.05) is 47.2 Å². The van der Waals surface area contributed by atoms with E-state index >= 15 is 0 Å². The molecule has 2 aromatic carbocycles. The van der Waals surface area contributed by atoms with Crippen molar-refractivity contribution in [3.8, 4) is 11.8 Å². The molecule has 2 heterocycles. The molecule has 38 heavy (non-hydrogen) atoms. The lowest BCUT2D eigenvalue weighted by molar-refractivity contribution is -0.137. The molecule has 3 aliphatic rings. The standard InChI is InChI=1S/C29H32N4O5/c1-33-11-9-21(17-33)31-27(36)20-7-8-25-22(14-20)29(10-12-38-25)15-23(29)28(37)32-24-13-18(16-30)5-6-19(24)3-2-4-26(34)35/h5-8,13-14,21,23H,2-4,9-12,15,17H2,1H3,(H,31,36)(H,32,37)(H,34,35)/t21?,23-,29-/m0/s1. The Hall–Kier alpha value is -3.90. The number of benzene rings is 2. The Labute approximate surface area is 221 Å². The Morgan fingerprint density at radius 2 is 2.08 bits per heavy atom. The van der Waals surface area contributed by atoms with Crippen molar-refractivity contribution in [2.45, 2.75) is 50.0 Å². The van der Waals surface area contributed by atoms with Crippen LogP contribution in [0.3, 0.4) is 0 Å². The molecule has 2 aromatic rings. The summed E-state index contributed by atoms with van der Waals surface area (Å²) in [6.45, 7) is 2.29. The number of nitrogens with zero attached hydrogens (tertiary/aromatic N) is 2. The van der Waals surface area contributed by atoms with Gasteiger partial charge in [-0.1, -0.05) is 6.07 Å². The Morgan fingerprint density at radius 3 is 2.82 bits per heavy atom. The van der Waals surface area contributed by atoms with Crippen molar-refractivity contribution in [2.75, 3.05) is 32.1 Å². The number of aryl methyl sites for hydroxylation is 1. The molecular weight excluding hydrogens is 484 g/mol. The average Bonchev–Trinajstić information content (AvgIpc) is 3.47. The molecule has 9 nitrogen and oxygen atoms in total. The van der Waals surface area contributed by atoms with Gasteiger partial charge in [0.1, 0.15) is 5.75 Å². The Kier molecular flexibility index (Phi) is 7.09. The van der Waals surface area contributed by atoms with Gasteiger partial charge in [-0.25, -0.2) is 0 Å². The molecule has 2 amide bonds. The SMILES string of the molecule is CN1CCC(NC(=O)c2ccc3c(c2)[C@]2(CCO3)C[C@H]2C(=O)Nc2cc(C#N)ccc2CCCC(=O)O)C1. The number of likely N-dealkylation sites (tertiary alicyclic amines) is 1. The van der Waals surface area contributed by atoms with Gasteiger partial charge in [-0.15, -0.1) is 0 Å². The Bertz CT molecular complexity index is 1320. The number of carboxylic acids is 1. The van der Waals surface area contributed by atoms with E-state index in [1.807, 2.05) is 19.2 Å². The van der Waals surface area contributed by atoms with Gasteiger partial charge < -0.3 is 25.4 Å². The van der Waals surface area contributed by atoms with Gasteiger partial charge in [0.15, 0.2) is 0 Å². The lowest BCUT2D eigenvalue weighted by atomic mass is 9.86. The highest BCUT2D eigenvalue weighted by Gasteiger charge is 2.61. The highest BCUT2D eigenvalue weighted by Crippen LogP contribution is 2.61. The lowest BCUT2D eigenvalue weighted by Crippen LogP contribution is -2.36. The van der Waals surface area contributed by atoms with Crippen LogP contribution in [-0.4, -0.2) is 60.6 Å². The summed E-state index contributed by atoms with van der Waals surface area (Å²) in [5, 5.41) is 24.5. The molecule has 9 heteroatoms. The minimum atomic E-state index is -0.869.